The van der Waals surface area contributed by atoms with Crippen LogP contribution in [-0.2, 0) is 4.79 Å². The van der Waals surface area contributed by atoms with Crippen molar-refractivity contribution >= 4 is 34.1 Å². The summed E-state index contributed by atoms with van der Waals surface area (Å²) in [5.74, 6) is 0.716. The van der Waals surface area contributed by atoms with E-state index >= 15 is 0 Å². The van der Waals surface area contributed by atoms with Crippen molar-refractivity contribution < 1.29 is 4.79 Å². The minimum atomic E-state index is -0.177. The number of rotatable bonds is 5. The van der Waals surface area contributed by atoms with E-state index in [-0.39, 0.29) is 17.3 Å². The van der Waals surface area contributed by atoms with Gasteiger partial charge in [0.05, 0.1) is 11.1 Å². The third-order valence-electron chi connectivity index (χ3n) is 5.75. The van der Waals surface area contributed by atoms with Gasteiger partial charge in [0.25, 0.3) is 0 Å². The molecule has 5 rings (SSSR count). The number of para-hydroxylation sites is 2. The van der Waals surface area contributed by atoms with E-state index in [9.17, 15) is 9.59 Å². The van der Waals surface area contributed by atoms with E-state index in [1.54, 1.807) is 18.0 Å². The number of hydrogen-bond acceptors (Lipinski definition) is 4. The molecule has 0 spiro atoms. The van der Waals surface area contributed by atoms with Crippen molar-refractivity contribution in [1.29, 1.82) is 0 Å². The minimum absolute atomic E-state index is 0.0500. The number of aryl methyl sites for hydroxylation is 1. The van der Waals surface area contributed by atoms with Crippen LogP contribution in [0.25, 0.3) is 16.7 Å². The molecule has 6 nitrogen and oxygen atoms in total. The lowest BCUT2D eigenvalue weighted by Crippen LogP contribution is -2.29. The number of carbonyl (C=O) groups excluding carboxylic acids is 1. The van der Waals surface area contributed by atoms with E-state index < -0.39 is 0 Å². The Morgan fingerprint density at radius 3 is 2.34 bits per heavy atom. The Kier molecular flexibility index (Phi) is 4.98. The Labute approximate surface area is 186 Å². The molecule has 0 saturated heterocycles. The van der Waals surface area contributed by atoms with E-state index in [4.69, 9.17) is 4.98 Å². The summed E-state index contributed by atoms with van der Waals surface area (Å²) in [5, 5.41) is 3.80. The van der Waals surface area contributed by atoms with Crippen LogP contribution in [0.1, 0.15) is 18.5 Å². The van der Waals surface area contributed by atoms with Crippen molar-refractivity contribution in [1.82, 2.24) is 9.55 Å². The summed E-state index contributed by atoms with van der Waals surface area (Å²) < 4.78 is 1.94. The molecule has 0 unspecified atom stereocenters. The van der Waals surface area contributed by atoms with Gasteiger partial charge in [-0.25, -0.2) is 4.98 Å². The predicted octanol–water partition coefficient (Wildman–Crippen LogP) is 4.81. The number of aromatic nitrogens is 2. The van der Waals surface area contributed by atoms with E-state index in [1.165, 1.54) is 0 Å². The Bertz CT molecular complexity index is 1360. The lowest BCUT2D eigenvalue weighted by molar-refractivity contribution is -0.119. The fourth-order valence-corrected chi connectivity index (χ4v) is 4.00. The molecule has 0 atom stereocenters. The molecule has 4 aromatic rings. The van der Waals surface area contributed by atoms with Crippen LogP contribution < -0.4 is 15.6 Å². The quantitative estimate of drug-likeness (QED) is 0.499. The lowest BCUT2D eigenvalue weighted by atomic mass is 10.1. The summed E-state index contributed by atoms with van der Waals surface area (Å²) >= 11 is 0. The standard InChI is InChI=1S/C26H24N4O2/c1-17-15-21(29(2)26(32)18-13-14-18)24-22(31)16-23(28-19-9-5-3-6-10-19)30(25(24)27-17)20-11-7-4-8-12-20/h3-12,15-16,18,28H,13-14H2,1-2H3. The molecule has 0 bridgehead atoms. The van der Waals surface area contributed by atoms with Crippen molar-refractivity contribution in [3.63, 3.8) is 0 Å². The SMILES string of the molecule is Cc1cc(N(C)C(=O)C2CC2)c2c(=O)cc(Nc3ccccc3)n(-c3ccccc3)c2n1. The molecule has 0 radical (unpaired) electrons. The summed E-state index contributed by atoms with van der Waals surface area (Å²) in [6, 6.07) is 22.9. The molecule has 1 amide bonds. The maximum atomic E-state index is 13.4. The van der Waals surface area contributed by atoms with Gasteiger partial charge in [0.15, 0.2) is 11.1 Å². The zero-order chi connectivity index (χ0) is 22.2. The van der Waals surface area contributed by atoms with Crippen LogP contribution in [0, 0.1) is 12.8 Å². The van der Waals surface area contributed by atoms with Gasteiger partial charge in [-0.2, -0.15) is 0 Å². The number of amides is 1. The zero-order valence-corrected chi connectivity index (χ0v) is 18.1. The number of anilines is 3. The topological polar surface area (TPSA) is 67.2 Å². The van der Waals surface area contributed by atoms with Gasteiger partial charge in [-0.05, 0) is 50.1 Å². The van der Waals surface area contributed by atoms with E-state index in [0.717, 1.165) is 29.9 Å². The third kappa shape index (κ3) is 3.64. The second-order valence-electron chi connectivity index (χ2n) is 8.21. The molecule has 1 fully saturated rings. The molecule has 0 aliphatic heterocycles. The predicted molar refractivity (Wildman–Crippen MR) is 128 cm³/mol. The van der Waals surface area contributed by atoms with Crippen molar-refractivity contribution in [3.8, 4) is 5.69 Å². The second-order valence-corrected chi connectivity index (χ2v) is 8.21. The Balaban J connectivity index is 1.79. The van der Waals surface area contributed by atoms with E-state index in [2.05, 4.69) is 5.32 Å². The van der Waals surface area contributed by atoms with Gasteiger partial charge in [-0.1, -0.05) is 36.4 Å². The summed E-state index contributed by atoms with van der Waals surface area (Å²) in [6.07, 6.45) is 1.81. The highest BCUT2D eigenvalue weighted by atomic mass is 16.2. The van der Waals surface area contributed by atoms with Crippen LogP contribution in [-0.4, -0.2) is 22.5 Å². The van der Waals surface area contributed by atoms with E-state index in [1.807, 2.05) is 78.2 Å². The average Bonchev–Trinajstić information content (AvgIpc) is 3.64. The third-order valence-corrected chi connectivity index (χ3v) is 5.75. The number of benzene rings is 2. The van der Waals surface area contributed by atoms with Crippen LogP contribution >= 0.6 is 0 Å². The number of pyridine rings is 2. The van der Waals surface area contributed by atoms with Gasteiger partial charge in [-0.15, -0.1) is 0 Å². The highest BCUT2D eigenvalue weighted by Gasteiger charge is 2.33. The number of nitrogens with zero attached hydrogens (tertiary/aromatic N) is 3. The summed E-state index contributed by atoms with van der Waals surface area (Å²) in [4.78, 5) is 32.6. The smallest absolute Gasteiger partial charge is 0.229 e. The van der Waals surface area contributed by atoms with Crippen LogP contribution in [0.3, 0.4) is 0 Å². The lowest BCUT2D eigenvalue weighted by Gasteiger charge is -2.23. The number of nitrogens with one attached hydrogen (secondary N) is 1. The van der Waals surface area contributed by atoms with Crippen molar-refractivity contribution in [2.45, 2.75) is 19.8 Å². The van der Waals surface area contributed by atoms with Crippen LogP contribution in [0.2, 0.25) is 0 Å². The zero-order valence-electron chi connectivity index (χ0n) is 18.1. The minimum Gasteiger partial charge on any atom is -0.341 e. The first-order chi connectivity index (χ1) is 15.5. The van der Waals surface area contributed by atoms with Gasteiger partial charge < -0.3 is 10.2 Å². The molecule has 2 aromatic carbocycles. The number of carbonyl (C=O) groups is 1. The molecular formula is C26H24N4O2. The molecule has 1 aliphatic carbocycles. The Morgan fingerprint density at radius 2 is 1.69 bits per heavy atom. The summed E-state index contributed by atoms with van der Waals surface area (Å²) in [6.45, 7) is 1.88. The fraction of sp³-hybridized carbons (Fsp3) is 0.192. The normalized spacial score (nSPS) is 13.2. The van der Waals surface area contributed by atoms with Gasteiger partial charge in [0, 0.05) is 36.1 Å². The molecule has 1 saturated carbocycles. The molecule has 160 valence electrons. The summed E-state index contributed by atoms with van der Waals surface area (Å²) in [5.41, 5.74) is 3.42. The second kappa shape index (κ2) is 7.96. The van der Waals surface area contributed by atoms with Crippen molar-refractivity contribution in [2.75, 3.05) is 17.3 Å². The highest BCUT2D eigenvalue weighted by molar-refractivity contribution is 6.04. The van der Waals surface area contributed by atoms with Crippen LogP contribution in [0.15, 0.2) is 77.6 Å². The maximum Gasteiger partial charge on any atom is 0.229 e. The van der Waals surface area contributed by atoms with Gasteiger partial charge >= 0.3 is 0 Å². The van der Waals surface area contributed by atoms with Crippen LogP contribution in [0.4, 0.5) is 17.2 Å². The maximum absolute atomic E-state index is 13.4. The fourth-order valence-electron chi connectivity index (χ4n) is 4.00. The number of fused-ring (bicyclic) bond motifs is 1. The summed E-state index contributed by atoms with van der Waals surface area (Å²) in [7, 11) is 1.75. The average molecular weight is 425 g/mol. The van der Waals surface area contributed by atoms with E-state index in [0.29, 0.717) is 22.5 Å². The molecule has 1 aliphatic rings. The van der Waals surface area contributed by atoms with Crippen molar-refractivity contribution in [2.24, 2.45) is 5.92 Å². The molecule has 2 aromatic heterocycles. The Hall–Kier alpha value is -3.93. The largest absolute Gasteiger partial charge is 0.341 e. The van der Waals surface area contributed by atoms with Crippen LogP contribution in [0.5, 0.6) is 0 Å². The van der Waals surface area contributed by atoms with Crippen molar-refractivity contribution in [3.05, 3.63) is 88.7 Å². The molecular weight excluding hydrogens is 400 g/mol. The molecule has 32 heavy (non-hydrogen) atoms. The molecule has 6 heteroatoms. The molecule has 2 heterocycles. The first-order valence-electron chi connectivity index (χ1n) is 10.8. The molecule has 1 N–H and O–H groups in total. The van der Waals surface area contributed by atoms with Gasteiger partial charge in [0.1, 0.15) is 5.82 Å². The monoisotopic (exact) mass is 424 g/mol. The first kappa shape index (κ1) is 20.0. The Morgan fingerprint density at radius 1 is 1.03 bits per heavy atom. The highest BCUT2D eigenvalue weighted by Crippen LogP contribution is 2.35. The number of hydrogen-bond donors (Lipinski definition) is 1. The first-order valence-corrected chi connectivity index (χ1v) is 10.8. The van der Waals surface area contributed by atoms with Gasteiger partial charge in [-0.3, -0.25) is 14.2 Å². The van der Waals surface area contributed by atoms with Gasteiger partial charge in [0.2, 0.25) is 5.91 Å².